The van der Waals surface area contributed by atoms with Crippen LogP contribution in [0, 0.1) is 6.92 Å². The Morgan fingerprint density at radius 3 is 2.88 bits per heavy atom. The normalized spacial score (nSPS) is 14.8. The number of benzene rings is 1. The number of thiophene rings is 1. The van der Waals surface area contributed by atoms with E-state index in [2.05, 4.69) is 33.6 Å². The van der Waals surface area contributed by atoms with E-state index in [1.165, 1.54) is 4.88 Å². The molecule has 1 aromatic carbocycles. The van der Waals surface area contributed by atoms with Crippen LogP contribution in [0.15, 0.2) is 54.0 Å². The van der Waals surface area contributed by atoms with Crippen LogP contribution in [-0.4, -0.2) is 37.6 Å². The van der Waals surface area contributed by atoms with Crippen molar-refractivity contribution in [1.82, 2.24) is 4.98 Å². The van der Waals surface area contributed by atoms with E-state index in [-0.39, 0.29) is 12.0 Å². The summed E-state index contributed by atoms with van der Waals surface area (Å²) in [6, 6.07) is 14.1. The number of ether oxygens (including phenoxy) is 1. The Kier molecular flexibility index (Phi) is 7.07. The molecule has 167 valence electrons. The first-order chi connectivity index (χ1) is 15.6. The average molecular weight is 450 g/mol. The molecule has 3 aromatic rings. The number of hydrogen-bond acceptors (Lipinski definition) is 6. The van der Waals surface area contributed by atoms with Gasteiger partial charge >= 0.3 is 0 Å². The third-order valence-corrected chi connectivity index (χ3v) is 6.55. The molecule has 0 bridgehead atoms. The van der Waals surface area contributed by atoms with Crippen molar-refractivity contribution in [3.8, 4) is 0 Å². The van der Waals surface area contributed by atoms with E-state index in [0.717, 1.165) is 35.8 Å². The number of aromatic nitrogens is 1. The van der Waals surface area contributed by atoms with Gasteiger partial charge in [-0.15, -0.1) is 11.3 Å². The molecular formula is C25H29N4O2S. The Hall–Kier alpha value is -2.90. The van der Waals surface area contributed by atoms with Crippen LogP contribution in [0.25, 0.3) is 0 Å². The summed E-state index contributed by atoms with van der Waals surface area (Å²) in [5, 5.41) is 5.27. The van der Waals surface area contributed by atoms with Gasteiger partial charge in [0.15, 0.2) is 0 Å². The minimum absolute atomic E-state index is 0.0176. The van der Waals surface area contributed by atoms with E-state index in [4.69, 9.17) is 4.74 Å². The lowest BCUT2D eigenvalue weighted by Crippen LogP contribution is -2.33. The number of amides is 1. The van der Waals surface area contributed by atoms with Gasteiger partial charge < -0.3 is 19.9 Å². The largest absolute Gasteiger partial charge is 0.372 e. The number of nitrogens with one attached hydrogen (secondary N) is 1. The predicted octanol–water partition coefficient (Wildman–Crippen LogP) is 5.15. The fourth-order valence-corrected chi connectivity index (χ4v) is 4.67. The molecule has 1 N–H and O–H groups in total. The summed E-state index contributed by atoms with van der Waals surface area (Å²) in [5.74, 6) is 0.747. The van der Waals surface area contributed by atoms with Gasteiger partial charge in [-0.2, -0.15) is 0 Å². The first-order valence-electron chi connectivity index (χ1n) is 10.9. The van der Waals surface area contributed by atoms with Crippen molar-refractivity contribution in [2.24, 2.45) is 0 Å². The molecule has 4 rings (SSSR count). The number of fused-ring (bicyclic) bond motifs is 1. The van der Waals surface area contributed by atoms with Gasteiger partial charge in [0.25, 0.3) is 5.91 Å². The average Bonchev–Trinajstić information content (AvgIpc) is 3.31. The number of anilines is 3. The molecule has 0 saturated heterocycles. The van der Waals surface area contributed by atoms with Gasteiger partial charge in [-0.3, -0.25) is 4.79 Å². The molecule has 1 aliphatic heterocycles. The molecule has 0 fully saturated rings. The maximum absolute atomic E-state index is 13.4. The Bertz CT molecular complexity index is 1050. The number of rotatable bonds is 8. The van der Waals surface area contributed by atoms with Crippen LogP contribution in [0.1, 0.15) is 40.2 Å². The fraction of sp³-hybridized carbons (Fsp3) is 0.320. The summed E-state index contributed by atoms with van der Waals surface area (Å²) in [6.07, 6.45) is 2.34. The smallest absolute Gasteiger partial charge is 0.262 e. The number of carbonyl (C=O) groups is 1. The maximum Gasteiger partial charge on any atom is 0.262 e. The quantitative estimate of drug-likeness (QED) is 0.515. The van der Waals surface area contributed by atoms with Gasteiger partial charge in [-0.05, 0) is 42.5 Å². The highest BCUT2D eigenvalue weighted by Gasteiger charge is 2.27. The number of likely N-dealkylation sites (N-methyl/N-ethyl adjacent to an activating group) is 1. The monoisotopic (exact) mass is 449 g/mol. The van der Waals surface area contributed by atoms with E-state index in [9.17, 15) is 4.79 Å². The van der Waals surface area contributed by atoms with Crippen LogP contribution in [-0.2, 0) is 11.3 Å². The van der Waals surface area contributed by atoms with E-state index < -0.39 is 0 Å². The minimum Gasteiger partial charge on any atom is -0.372 e. The first-order valence-corrected chi connectivity index (χ1v) is 11.8. The molecule has 1 amide bonds. The second-order valence-corrected chi connectivity index (χ2v) is 8.75. The third kappa shape index (κ3) is 4.79. The highest BCUT2D eigenvalue weighted by atomic mass is 32.1. The molecule has 0 aliphatic carbocycles. The van der Waals surface area contributed by atoms with E-state index in [1.807, 2.05) is 55.3 Å². The van der Waals surface area contributed by atoms with Gasteiger partial charge in [0.2, 0.25) is 0 Å². The lowest BCUT2D eigenvalue weighted by molar-refractivity contribution is 0.0436. The number of hydrogen-bond donors (Lipinski definition) is 1. The molecule has 1 atom stereocenters. The van der Waals surface area contributed by atoms with E-state index in [0.29, 0.717) is 25.1 Å². The Morgan fingerprint density at radius 1 is 1.25 bits per heavy atom. The molecule has 0 spiro atoms. The highest BCUT2D eigenvalue weighted by Crippen LogP contribution is 2.30. The minimum atomic E-state index is -0.0350. The van der Waals surface area contributed by atoms with Crippen molar-refractivity contribution >= 4 is 34.4 Å². The van der Waals surface area contributed by atoms with Crippen molar-refractivity contribution in [2.45, 2.75) is 26.1 Å². The van der Waals surface area contributed by atoms with Crippen molar-refractivity contribution in [2.75, 3.05) is 41.8 Å². The molecule has 3 heterocycles. The van der Waals surface area contributed by atoms with Crippen LogP contribution in [0.3, 0.4) is 0 Å². The van der Waals surface area contributed by atoms with Crippen molar-refractivity contribution in [1.29, 1.82) is 0 Å². The van der Waals surface area contributed by atoms with Crippen LogP contribution in [0.2, 0.25) is 0 Å². The zero-order chi connectivity index (χ0) is 22.5. The number of nitrogens with zero attached hydrogens (tertiary/aromatic N) is 3. The van der Waals surface area contributed by atoms with Crippen LogP contribution < -0.4 is 15.1 Å². The van der Waals surface area contributed by atoms with Crippen molar-refractivity contribution in [3.63, 3.8) is 0 Å². The zero-order valence-corrected chi connectivity index (χ0v) is 19.4. The third-order valence-electron chi connectivity index (χ3n) is 5.58. The first kappa shape index (κ1) is 22.3. The summed E-state index contributed by atoms with van der Waals surface area (Å²) < 4.78 is 6.14. The molecule has 2 aromatic heterocycles. The van der Waals surface area contributed by atoms with Gasteiger partial charge in [-0.25, -0.2) is 4.98 Å². The maximum atomic E-state index is 13.4. The van der Waals surface area contributed by atoms with Gasteiger partial charge in [0.1, 0.15) is 5.82 Å². The second-order valence-electron chi connectivity index (χ2n) is 7.77. The molecule has 7 heteroatoms. The van der Waals surface area contributed by atoms with Gasteiger partial charge in [0, 0.05) is 49.5 Å². The van der Waals surface area contributed by atoms with Gasteiger partial charge in [0.05, 0.1) is 24.0 Å². The molecule has 1 unspecified atom stereocenters. The van der Waals surface area contributed by atoms with Crippen LogP contribution in [0.4, 0.5) is 17.2 Å². The van der Waals surface area contributed by atoms with Gasteiger partial charge in [-0.1, -0.05) is 25.1 Å². The summed E-state index contributed by atoms with van der Waals surface area (Å²) in [5.41, 5.74) is 3.42. The Labute approximate surface area is 193 Å². The molecule has 0 saturated carbocycles. The van der Waals surface area contributed by atoms with E-state index in [1.54, 1.807) is 17.5 Å². The molecule has 1 radical (unpaired) electrons. The standard InChI is InChI=1S/C25H29N4O2S/c1-4-22(23-10-7-13-32-23)31-17-18-8-6-9-19(14-18)29-12-11-28(3)21-15-24(26-5-2)27-16-20(21)25(29)30/h6-10,13-16,22H,1,4-5,11-12,17H2,2-3H3,(H,26,27). The van der Waals surface area contributed by atoms with E-state index >= 15 is 0 Å². The van der Waals surface area contributed by atoms with Crippen molar-refractivity contribution in [3.05, 3.63) is 77.0 Å². The summed E-state index contributed by atoms with van der Waals surface area (Å²) in [6.45, 7) is 8.64. The lowest BCUT2D eigenvalue weighted by atomic mass is 10.1. The summed E-state index contributed by atoms with van der Waals surface area (Å²) in [4.78, 5) is 23.0. The number of carbonyl (C=O) groups excluding carboxylic acids is 1. The zero-order valence-electron chi connectivity index (χ0n) is 18.6. The topological polar surface area (TPSA) is 57.7 Å². The SMILES string of the molecule is [CH2]CC(OCc1cccc(N2CCN(C)c3cc(NCC)ncc3C2=O)c1)c1cccs1. The Morgan fingerprint density at radius 2 is 2.12 bits per heavy atom. The molecule has 1 aliphatic rings. The van der Waals surface area contributed by atoms with Crippen LogP contribution in [0.5, 0.6) is 0 Å². The number of pyridine rings is 1. The second kappa shape index (κ2) is 10.1. The Balaban J connectivity index is 1.54. The summed E-state index contributed by atoms with van der Waals surface area (Å²) in [7, 11) is 2.01. The van der Waals surface area contributed by atoms with Crippen molar-refractivity contribution < 1.29 is 9.53 Å². The van der Waals surface area contributed by atoms with Crippen LogP contribution >= 0.6 is 11.3 Å². The molecular weight excluding hydrogens is 420 g/mol. The lowest BCUT2D eigenvalue weighted by Gasteiger charge is -2.22. The predicted molar refractivity (Wildman–Crippen MR) is 132 cm³/mol. The molecule has 6 nitrogen and oxygen atoms in total. The highest BCUT2D eigenvalue weighted by molar-refractivity contribution is 7.10. The summed E-state index contributed by atoms with van der Waals surface area (Å²) >= 11 is 1.68. The fourth-order valence-electron chi connectivity index (χ4n) is 3.86. The molecule has 32 heavy (non-hydrogen) atoms.